The minimum Gasteiger partial charge on any atom is -0.652 e. The maximum absolute atomic E-state index is 5.12. The van der Waals surface area contributed by atoms with Gasteiger partial charge >= 0.3 is 26.2 Å². The van der Waals surface area contributed by atoms with E-state index in [9.17, 15) is 0 Å². The number of unbranched alkanes of at least 4 members (excludes halogenated alkanes) is 4. The molecule has 2 nitrogen and oxygen atoms in total. The molecule has 4 aromatic rings. The third-order valence-electron chi connectivity index (χ3n) is 7.80. The summed E-state index contributed by atoms with van der Waals surface area (Å²) in [4.78, 5) is 5.12. The van der Waals surface area contributed by atoms with E-state index in [1.165, 1.54) is 48.9 Å². The van der Waals surface area contributed by atoms with E-state index in [1.54, 1.807) is 0 Å². The van der Waals surface area contributed by atoms with Gasteiger partial charge in [0.15, 0.2) is 0 Å². The Labute approximate surface area is 315 Å². The average molecular weight is 722 g/mol. The van der Waals surface area contributed by atoms with Gasteiger partial charge in [-0.2, -0.15) is 73.9 Å². The summed E-state index contributed by atoms with van der Waals surface area (Å²) in [6, 6.07) is 36.2. The van der Waals surface area contributed by atoms with Gasteiger partial charge in [-0.3, -0.25) is 4.99 Å². The molecule has 4 aromatic carbocycles. The summed E-state index contributed by atoms with van der Waals surface area (Å²) in [6.07, 6.45) is 6.45. The second kappa shape index (κ2) is 25.9. The molecule has 0 heterocycles. The predicted molar refractivity (Wildman–Crippen MR) is 211 cm³/mol. The zero-order valence-corrected chi connectivity index (χ0v) is 33.8. The Morgan fingerprint density at radius 1 is 0.604 bits per heavy atom. The summed E-state index contributed by atoms with van der Waals surface area (Å²) in [7, 11) is 0. The van der Waals surface area contributed by atoms with E-state index in [2.05, 4.69) is 94.4 Å². The van der Waals surface area contributed by atoms with Gasteiger partial charge in [0.25, 0.3) is 0 Å². The van der Waals surface area contributed by atoms with E-state index in [0.717, 1.165) is 28.9 Å². The van der Waals surface area contributed by atoms with Crippen molar-refractivity contribution in [2.24, 2.45) is 4.99 Å². The summed E-state index contributed by atoms with van der Waals surface area (Å²) < 4.78 is 0. The molecule has 0 saturated carbocycles. The fourth-order valence-corrected chi connectivity index (χ4v) is 4.57. The second-order valence-corrected chi connectivity index (χ2v) is 13.1. The number of hydrogen-bond donors (Lipinski definition) is 0. The van der Waals surface area contributed by atoms with Crippen LogP contribution in [0.2, 0.25) is 0 Å². The molecule has 0 bridgehead atoms. The van der Waals surface area contributed by atoms with Gasteiger partial charge in [0, 0.05) is 5.71 Å². The molecule has 0 saturated heterocycles. The molecule has 0 N–H and O–H groups in total. The molecule has 0 atom stereocenters. The second-order valence-electron chi connectivity index (χ2n) is 13.1. The van der Waals surface area contributed by atoms with Crippen LogP contribution in [0.1, 0.15) is 127 Å². The molecular weight excluding hydrogens is 660 g/mol. The number of aliphatic imine (C=N–C) groups is 1. The zero-order chi connectivity index (χ0) is 35.1. The van der Waals surface area contributed by atoms with Crippen molar-refractivity contribution in [3.05, 3.63) is 163 Å². The summed E-state index contributed by atoms with van der Waals surface area (Å²) in [6.45, 7) is 29.9. The van der Waals surface area contributed by atoms with Gasteiger partial charge in [0.05, 0.1) is 5.69 Å². The van der Waals surface area contributed by atoms with Crippen LogP contribution in [0.15, 0.2) is 114 Å². The van der Waals surface area contributed by atoms with E-state index in [1.807, 2.05) is 91.0 Å². The van der Waals surface area contributed by atoms with E-state index in [4.69, 9.17) is 10.3 Å². The van der Waals surface area contributed by atoms with Crippen molar-refractivity contribution in [2.45, 2.75) is 105 Å². The average Bonchev–Trinajstić information content (AvgIpc) is 3.04. The van der Waals surface area contributed by atoms with E-state index >= 15 is 0 Å². The van der Waals surface area contributed by atoms with Crippen molar-refractivity contribution in [2.75, 3.05) is 6.54 Å². The first kappa shape index (κ1) is 45.0. The molecule has 0 aliphatic carbocycles. The number of para-hydroxylation sites is 1. The van der Waals surface area contributed by atoms with Gasteiger partial charge in [0.1, 0.15) is 0 Å². The fourth-order valence-electron chi connectivity index (χ4n) is 4.57. The third kappa shape index (κ3) is 19.7. The van der Waals surface area contributed by atoms with Crippen LogP contribution in [0.25, 0.3) is 5.32 Å². The summed E-state index contributed by atoms with van der Waals surface area (Å²) >= 11 is 0. The minimum absolute atomic E-state index is 0. The van der Waals surface area contributed by atoms with Crippen LogP contribution in [0.4, 0.5) is 5.69 Å². The maximum atomic E-state index is 5.12. The standard InChI is InChI=1S/C24H41N2.3C7H7.Zr/c1-9-10-11-12-13-17-25-24(7,8)20(6)26-23-21(18(2)3)15-14-16-22(23)19(4)5;3*1-7-5-3-2-4-6-7;/h14-16,18-19H,9-13,17H2,1-8H3;3*2-6H,1H2;/q4*-1;+4. The van der Waals surface area contributed by atoms with Crippen molar-refractivity contribution < 1.29 is 26.2 Å². The first-order chi connectivity index (χ1) is 22.4. The number of hydrogen-bond acceptors (Lipinski definition) is 1. The van der Waals surface area contributed by atoms with Crippen molar-refractivity contribution in [3.63, 3.8) is 0 Å². The van der Waals surface area contributed by atoms with Crippen LogP contribution in [0.3, 0.4) is 0 Å². The van der Waals surface area contributed by atoms with Crippen molar-refractivity contribution in [1.82, 2.24) is 0 Å². The Hall–Kier alpha value is -3.00. The monoisotopic (exact) mass is 720 g/mol. The number of benzene rings is 4. The van der Waals surface area contributed by atoms with Gasteiger partial charge in [-0.15, -0.1) is 42.9 Å². The van der Waals surface area contributed by atoms with Gasteiger partial charge in [-0.05, 0) is 29.9 Å². The van der Waals surface area contributed by atoms with Crippen molar-refractivity contribution >= 4 is 11.4 Å². The van der Waals surface area contributed by atoms with Crippen LogP contribution >= 0.6 is 0 Å². The Morgan fingerprint density at radius 2 is 0.979 bits per heavy atom. The quantitative estimate of drug-likeness (QED) is 0.0837. The molecule has 0 amide bonds. The normalized spacial score (nSPS) is 10.8. The Kier molecular flexibility index (Phi) is 24.3. The Balaban J connectivity index is 0.000000796. The van der Waals surface area contributed by atoms with Crippen LogP contribution in [-0.4, -0.2) is 17.8 Å². The first-order valence-electron chi connectivity index (χ1n) is 17.4. The molecule has 48 heavy (non-hydrogen) atoms. The molecule has 0 aromatic heterocycles. The molecule has 3 heteroatoms. The predicted octanol–water partition coefficient (Wildman–Crippen LogP) is 13.8. The molecule has 0 radical (unpaired) electrons. The van der Waals surface area contributed by atoms with Gasteiger partial charge in [-0.1, -0.05) is 123 Å². The molecular formula is C45H62N2Zr. The van der Waals surface area contributed by atoms with E-state index < -0.39 is 0 Å². The van der Waals surface area contributed by atoms with Crippen molar-refractivity contribution in [1.29, 1.82) is 0 Å². The SMILES string of the molecule is CCCCCCC[N-]C(C)(C)C(C)=Nc1c(C(C)C)cccc1C(C)C.[CH2-]c1ccccc1.[CH2-]c1ccccc1.[CH2-]c1ccccc1.[Zr+4]. The van der Waals surface area contributed by atoms with Gasteiger partial charge in [0.2, 0.25) is 0 Å². The first-order valence-corrected chi connectivity index (χ1v) is 17.4. The molecule has 0 spiro atoms. The van der Waals surface area contributed by atoms with Crippen molar-refractivity contribution in [3.8, 4) is 0 Å². The number of nitrogens with zero attached hydrogens (tertiary/aromatic N) is 2. The molecule has 256 valence electrons. The summed E-state index contributed by atoms with van der Waals surface area (Å²) in [5, 5.41) is 4.97. The molecule has 0 aliphatic heterocycles. The fraction of sp³-hybridized carbons (Fsp3) is 0.378. The minimum atomic E-state index is -0.205. The smallest absolute Gasteiger partial charge is 0.652 e. The molecule has 0 fully saturated rings. The van der Waals surface area contributed by atoms with Crippen LogP contribution in [0, 0.1) is 20.8 Å². The topological polar surface area (TPSA) is 26.5 Å². The Morgan fingerprint density at radius 3 is 1.29 bits per heavy atom. The van der Waals surface area contributed by atoms with E-state index in [-0.39, 0.29) is 31.7 Å². The maximum Gasteiger partial charge on any atom is 4.00 e. The van der Waals surface area contributed by atoms with Crippen LogP contribution in [-0.2, 0) is 26.2 Å². The summed E-state index contributed by atoms with van der Waals surface area (Å²) in [5.74, 6) is 0.942. The largest absolute Gasteiger partial charge is 4.00 e. The molecule has 0 aliphatic rings. The number of rotatable bonds is 11. The molecule has 0 unspecified atom stereocenters. The Bertz CT molecular complexity index is 1240. The van der Waals surface area contributed by atoms with Gasteiger partial charge < -0.3 is 5.32 Å². The van der Waals surface area contributed by atoms with Gasteiger partial charge in [-0.25, -0.2) is 0 Å². The zero-order valence-electron chi connectivity index (χ0n) is 31.3. The summed E-state index contributed by atoms with van der Waals surface area (Å²) in [5.41, 5.74) is 7.97. The molecule has 4 rings (SSSR count). The third-order valence-corrected chi connectivity index (χ3v) is 7.80. The van der Waals surface area contributed by atoms with Crippen LogP contribution < -0.4 is 0 Å². The van der Waals surface area contributed by atoms with Crippen LogP contribution in [0.5, 0.6) is 0 Å². The van der Waals surface area contributed by atoms with E-state index in [0.29, 0.717) is 11.8 Å².